The van der Waals surface area contributed by atoms with Crippen LogP contribution in [0, 0.1) is 11.6 Å². The van der Waals surface area contributed by atoms with Crippen molar-refractivity contribution in [2.24, 2.45) is 0 Å². The van der Waals surface area contributed by atoms with Crippen LogP contribution in [0.15, 0.2) is 17.0 Å². The van der Waals surface area contributed by atoms with Crippen molar-refractivity contribution >= 4 is 15.7 Å². The average Bonchev–Trinajstić information content (AvgIpc) is 2.68. The van der Waals surface area contributed by atoms with E-state index < -0.39 is 32.6 Å². The van der Waals surface area contributed by atoms with E-state index in [-0.39, 0.29) is 18.8 Å². The van der Waals surface area contributed by atoms with E-state index in [1.165, 1.54) is 0 Å². The molecule has 1 atom stereocenters. The molecule has 1 aromatic carbocycles. The highest BCUT2D eigenvalue weighted by Gasteiger charge is 2.34. The molecule has 1 aromatic rings. The topological polar surface area (TPSA) is 83.6 Å². The molecule has 0 aromatic heterocycles. The monoisotopic (exact) mass is 320 g/mol. The third kappa shape index (κ3) is 3.17. The number of nitrogens with two attached hydrogens (primary N) is 1. The van der Waals surface area contributed by atoms with Gasteiger partial charge in [0.1, 0.15) is 4.90 Å². The van der Waals surface area contributed by atoms with Crippen molar-refractivity contribution in [1.82, 2.24) is 4.31 Å². The number of halogens is 2. The van der Waals surface area contributed by atoms with Crippen LogP contribution in [0.4, 0.5) is 14.5 Å². The van der Waals surface area contributed by atoms with Gasteiger partial charge in [-0.3, -0.25) is 0 Å². The van der Waals surface area contributed by atoms with Gasteiger partial charge in [0, 0.05) is 18.3 Å². The van der Waals surface area contributed by atoms with E-state index in [1.807, 2.05) is 0 Å². The molecule has 0 aliphatic carbocycles. The van der Waals surface area contributed by atoms with Crippen LogP contribution in [0.25, 0.3) is 0 Å². The van der Waals surface area contributed by atoms with Gasteiger partial charge in [-0.15, -0.1) is 0 Å². The fraction of sp³-hybridized carbons (Fsp3) is 0.538. The number of sulfonamides is 1. The average molecular weight is 320 g/mol. The number of benzene rings is 1. The summed E-state index contributed by atoms with van der Waals surface area (Å²) in [5.74, 6) is -2.74. The third-order valence-corrected chi connectivity index (χ3v) is 5.59. The number of hydrogen-bond acceptors (Lipinski definition) is 4. The van der Waals surface area contributed by atoms with E-state index in [1.54, 1.807) is 0 Å². The Kier molecular flexibility index (Phi) is 4.80. The van der Waals surface area contributed by atoms with Crippen molar-refractivity contribution in [3.63, 3.8) is 0 Å². The lowest BCUT2D eigenvalue weighted by Gasteiger charge is -2.27. The van der Waals surface area contributed by atoms with Crippen molar-refractivity contribution in [2.45, 2.75) is 36.6 Å². The van der Waals surface area contributed by atoms with Gasteiger partial charge in [0.15, 0.2) is 11.6 Å². The Hall–Kier alpha value is -1.25. The molecule has 118 valence electrons. The maximum Gasteiger partial charge on any atom is 0.246 e. The van der Waals surface area contributed by atoms with Crippen molar-refractivity contribution in [1.29, 1.82) is 0 Å². The summed E-state index contributed by atoms with van der Waals surface area (Å²) in [5, 5.41) is 9.38. The molecule has 1 fully saturated rings. The Bertz CT molecular complexity index is 622. The van der Waals surface area contributed by atoms with Crippen LogP contribution in [0.3, 0.4) is 0 Å². The molecule has 0 bridgehead atoms. The predicted molar refractivity (Wildman–Crippen MR) is 74.0 cm³/mol. The Morgan fingerprint density at radius 3 is 2.67 bits per heavy atom. The molecule has 1 saturated heterocycles. The minimum absolute atomic E-state index is 0.164. The van der Waals surface area contributed by atoms with Crippen LogP contribution < -0.4 is 5.73 Å². The number of rotatable bonds is 3. The van der Waals surface area contributed by atoms with Gasteiger partial charge < -0.3 is 10.8 Å². The number of nitrogens with zero attached hydrogens (tertiary/aromatic N) is 1. The lowest BCUT2D eigenvalue weighted by atomic mass is 10.1. The Labute approximate surface area is 122 Å². The van der Waals surface area contributed by atoms with E-state index in [0.29, 0.717) is 12.8 Å². The van der Waals surface area contributed by atoms with Gasteiger partial charge >= 0.3 is 0 Å². The van der Waals surface area contributed by atoms with E-state index in [2.05, 4.69) is 0 Å². The molecule has 0 radical (unpaired) electrons. The molecule has 3 N–H and O–H groups in total. The van der Waals surface area contributed by atoms with Gasteiger partial charge in [0.2, 0.25) is 10.0 Å². The fourth-order valence-corrected chi connectivity index (χ4v) is 4.34. The zero-order valence-electron chi connectivity index (χ0n) is 11.4. The Morgan fingerprint density at radius 1 is 1.29 bits per heavy atom. The predicted octanol–water partition coefficient (Wildman–Crippen LogP) is 1.47. The van der Waals surface area contributed by atoms with Crippen molar-refractivity contribution in [3.05, 3.63) is 23.8 Å². The van der Waals surface area contributed by atoms with E-state index in [9.17, 15) is 22.3 Å². The summed E-state index contributed by atoms with van der Waals surface area (Å²) < 4.78 is 53.5. The molecule has 0 saturated carbocycles. The van der Waals surface area contributed by atoms with E-state index >= 15 is 0 Å². The maximum atomic E-state index is 13.9. The smallest absolute Gasteiger partial charge is 0.246 e. The molecular formula is C13H18F2N2O3S. The summed E-state index contributed by atoms with van der Waals surface area (Å²) in [4.78, 5) is -0.777. The minimum atomic E-state index is -4.24. The number of nitrogen functional groups attached to an aromatic ring is 1. The molecular weight excluding hydrogens is 302 g/mol. The molecule has 0 amide bonds. The molecule has 5 nitrogen and oxygen atoms in total. The summed E-state index contributed by atoms with van der Waals surface area (Å²) in [6.45, 7) is -0.185. The summed E-state index contributed by atoms with van der Waals surface area (Å²) in [6.07, 6.45) is 2.71. The largest absolute Gasteiger partial charge is 0.399 e. The number of hydrogen-bond donors (Lipinski definition) is 2. The molecule has 1 aliphatic heterocycles. The first-order valence-corrected chi connectivity index (χ1v) is 8.19. The molecule has 0 spiro atoms. The van der Waals surface area contributed by atoms with Crippen LogP contribution in [-0.4, -0.2) is 37.0 Å². The lowest BCUT2D eigenvalue weighted by Crippen LogP contribution is -2.42. The van der Waals surface area contributed by atoms with E-state index in [0.717, 1.165) is 29.3 Å². The first-order chi connectivity index (χ1) is 9.87. The van der Waals surface area contributed by atoms with Crippen LogP contribution in [-0.2, 0) is 10.0 Å². The summed E-state index contributed by atoms with van der Waals surface area (Å²) in [6, 6.07) is 1.02. The zero-order valence-corrected chi connectivity index (χ0v) is 12.2. The standard InChI is InChI=1S/C13H18F2N2O3S/c14-11-6-9(16)7-12(13(11)15)21(19,20)17-5-3-1-2-4-10(17)8-18/h6-7,10,18H,1-5,8,16H2. The maximum absolute atomic E-state index is 13.9. The van der Waals surface area contributed by atoms with Gasteiger partial charge in [-0.25, -0.2) is 17.2 Å². The molecule has 21 heavy (non-hydrogen) atoms. The van der Waals surface area contributed by atoms with Crippen LogP contribution in [0.1, 0.15) is 25.7 Å². The summed E-state index contributed by atoms with van der Waals surface area (Å²) in [7, 11) is -4.24. The highest BCUT2D eigenvalue weighted by molar-refractivity contribution is 7.89. The lowest BCUT2D eigenvalue weighted by molar-refractivity contribution is 0.186. The quantitative estimate of drug-likeness (QED) is 0.826. The van der Waals surface area contributed by atoms with Gasteiger partial charge in [-0.05, 0) is 25.0 Å². The number of aliphatic hydroxyl groups is 1. The highest BCUT2D eigenvalue weighted by atomic mass is 32.2. The fourth-order valence-electron chi connectivity index (χ4n) is 2.55. The first kappa shape index (κ1) is 16.1. The SMILES string of the molecule is Nc1cc(F)c(F)c(S(=O)(=O)N2CCCCCC2CO)c1. The minimum Gasteiger partial charge on any atom is -0.399 e. The molecule has 8 heteroatoms. The highest BCUT2D eigenvalue weighted by Crippen LogP contribution is 2.28. The van der Waals surface area contributed by atoms with Crippen molar-refractivity contribution in [3.8, 4) is 0 Å². The van der Waals surface area contributed by atoms with E-state index in [4.69, 9.17) is 5.73 Å². The Balaban J connectivity index is 2.50. The second-order valence-electron chi connectivity index (χ2n) is 5.12. The summed E-state index contributed by atoms with van der Waals surface area (Å²) in [5.41, 5.74) is 5.25. The molecule has 1 aliphatic rings. The van der Waals surface area contributed by atoms with Crippen LogP contribution in [0.2, 0.25) is 0 Å². The van der Waals surface area contributed by atoms with Gasteiger partial charge in [-0.1, -0.05) is 12.8 Å². The molecule has 2 rings (SSSR count). The number of anilines is 1. The van der Waals surface area contributed by atoms with Crippen LogP contribution in [0.5, 0.6) is 0 Å². The molecule has 1 unspecified atom stereocenters. The van der Waals surface area contributed by atoms with Gasteiger partial charge in [0.05, 0.1) is 6.61 Å². The zero-order chi connectivity index (χ0) is 15.6. The second-order valence-corrected chi connectivity index (χ2v) is 6.98. The number of aliphatic hydroxyl groups excluding tert-OH is 1. The normalized spacial score (nSPS) is 21.2. The first-order valence-electron chi connectivity index (χ1n) is 6.75. The van der Waals surface area contributed by atoms with Gasteiger partial charge in [0.25, 0.3) is 0 Å². The second kappa shape index (κ2) is 6.25. The third-order valence-electron chi connectivity index (χ3n) is 3.64. The van der Waals surface area contributed by atoms with Crippen LogP contribution >= 0.6 is 0 Å². The Morgan fingerprint density at radius 2 is 2.00 bits per heavy atom. The van der Waals surface area contributed by atoms with Crippen molar-refractivity contribution in [2.75, 3.05) is 18.9 Å². The summed E-state index contributed by atoms with van der Waals surface area (Å²) >= 11 is 0. The van der Waals surface area contributed by atoms with Crippen molar-refractivity contribution < 1.29 is 22.3 Å². The molecule has 1 heterocycles. The van der Waals surface area contributed by atoms with Gasteiger partial charge in [-0.2, -0.15) is 4.31 Å².